The van der Waals surface area contributed by atoms with Gasteiger partial charge in [-0.3, -0.25) is 4.79 Å². The third-order valence-corrected chi connectivity index (χ3v) is 5.76. The van der Waals surface area contributed by atoms with Crippen LogP contribution in [-0.4, -0.2) is 28.3 Å². The number of carbonyl (C=O) groups is 1. The van der Waals surface area contributed by atoms with Crippen LogP contribution in [0.4, 0.5) is 17.6 Å². The van der Waals surface area contributed by atoms with Gasteiger partial charge in [-0.05, 0) is 31.0 Å². The first-order valence-corrected chi connectivity index (χ1v) is 9.61. The van der Waals surface area contributed by atoms with E-state index in [4.69, 9.17) is 23.2 Å². The fraction of sp³-hybridized carbons (Fsp3) is 0.421. The lowest BCUT2D eigenvalue weighted by atomic mass is 9.70. The number of benzene rings is 1. The number of halogens is 6. The highest BCUT2D eigenvalue weighted by Crippen LogP contribution is 2.44. The Morgan fingerprint density at radius 3 is 2.31 bits per heavy atom. The minimum absolute atomic E-state index is 0.0315. The molecule has 0 atom stereocenters. The van der Waals surface area contributed by atoms with Gasteiger partial charge in [0.2, 0.25) is 5.92 Å². The Labute approximate surface area is 174 Å². The van der Waals surface area contributed by atoms with Crippen LogP contribution in [0.5, 0.6) is 0 Å². The molecule has 1 aliphatic rings. The molecule has 1 N–H and O–H groups in total. The number of rotatable bonds is 5. The SMILES string of the molecule is O=C(NCC1(c2ccnc(C(F)F)n2)CCC(F)(F)CC1)c1c(Cl)cccc1Cl. The zero-order valence-electron chi connectivity index (χ0n) is 15.1. The summed E-state index contributed by atoms with van der Waals surface area (Å²) >= 11 is 12.1. The highest BCUT2D eigenvalue weighted by Gasteiger charge is 2.45. The zero-order valence-corrected chi connectivity index (χ0v) is 16.6. The Morgan fingerprint density at radius 1 is 1.10 bits per heavy atom. The van der Waals surface area contributed by atoms with Crippen LogP contribution in [0, 0.1) is 0 Å². The predicted molar refractivity (Wildman–Crippen MR) is 101 cm³/mol. The molecular formula is C19H17Cl2F4N3O. The van der Waals surface area contributed by atoms with Crippen LogP contribution in [-0.2, 0) is 5.41 Å². The van der Waals surface area contributed by atoms with E-state index in [1.807, 2.05) is 0 Å². The molecule has 0 bridgehead atoms. The normalized spacial score (nSPS) is 17.9. The lowest BCUT2D eigenvalue weighted by Gasteiger charge is -2.40. The quantitative estimate of drug-likeness (QED) is 0.604. The molecular weight excluding hydrogens is 433 g/mol. The van der Waals surface area contributed by atoms with E-state index in [1.54, 1.807) is 6.07 Å². The topological polar surface area (TPSA) is 54.9 Å². The van der Waals surface area contributed by atoms with E-state index >= 15 is 0 Å². The molecule has 3 rings (SSSR count). The summed E-state index contributed by atoms with van der Waals surface area (Å²) in [6, 6.07) is 6.00. The maximum absolute atomic E-state index is 13.8. The van der Waals surface area contributed by atoms with Gasteiger partial charge in [-0.1, -0.05) is 29.3 Å². The van der Waals surface area contributed by atoms with E-state index in [1.165, 1.54) is 24.4 Å². The maximum Gasteiger partial charge on any atom is 0.297 e. The average Bonchev–Trinajstić information content (AvgIpc) is 2.67. The van der Waals surface area contributed by atoms with E-state index in [0.717, 1.165) is 0 Å². The predicted octanol–water partition coefficient (Wildman–Crippen LogP) is 5.60. The summed E-state index contributed by atoms with van der Waals surface area (Å²) in [5.74, 6) is -4.11. The molecule has 1 aromatic carbocycles. The molecule has 0 aliphatic heterocycles. The van der Waals surface area contributed by atoms with Gasteiger partial charge in [0, 0.05) is 31.0 Å². The Bertz CT molecular complexity index is 881. The summed E-state index contributed by atoms with van der Waals surface area (Å²) in [6.45, 7) is -0.0802. The molecule has 0 saturated heterocycles. The molecule has 156 valence electrons. The number of nitrogens with one attached hydrogen (secondary N) is 1. The van der Waals surface area contributed by atoms with E-state index in [0.29, 0.717) is 0 Å². The van der Waals surface area contributed by atoms with Gasteiger partial charge in [0.15, 0.2) is 5.82 Å². The number of nitrogens with zero attached hydrogens (tertiary/aromatic N) is 2. The first-order chi connectivity index (χ1) is 13.6. The third kappa shape index (κ3) is 4.80. The lowest BCUT2D eigenvalue weighted by Crippen LogP contribution is -2.46. The van der Waals surface area contributed by atoms with Crippen molar-refractivity contribution in [1.29, 1.82) is 0 Å². The molecule has 4 nitrogen and oxygen atoms in total. The average molecular weight is 450 g/mol. The minimum atomic E-state index is -2.89. The van der Waals surface area contributed by atoms with Crippen molar-refractivity contribution in [3.05, 3.63) is 57.6 Å². The number of hydrogen-bond acceptors (Lipinski definition) is 3. The van der Waals surface area contributed by atoms with Crippen molar-refractivity contribution in [1.82, 2.24) is 15.3 Å². The molecule has 2 aromatic rings. The van der Waals surface area contributed by atoms with E-state index in [9.17, 15) is 22.4 Å². The fourth-order valence-electron chi connectivity index (χ4n) is 3.44. The van der Waals surface area contributed by atoms with Gasteiger partial charge in [-0.15, -0.1) is 0 Å². The molecule has 1 saturated carbocycles. The first-order valence-electron chi connectivity index (χ1n) is 8.85. The maximum atomic E-state index is 13.8. The molecule has 0 spiro atoms. The Hall–Kier alpha value is -1.93. The van der Waals surface area contributed by atoms with Crippen LogP contribution >= 0.6 is 23.2 Å². The van der Waals surface area contributed by atoms with Crippen LogP contribution in [0.15, 0.2) is 30.5 Å². The number of hydrogen-bond donors (Lipinski definition) is 1. The number of carbonyl (C=O) groups excluding carboxylic acids is 1. The van der Waals surface area contributed by atoms with E-state index in [-0.39, 0.29) is 40.7 Å². The summed E-state index contributed by atoms with van der Waals surface area (Å²) in [5, 5.41) is 2.95. The van der Waals surface area contributed by atoms with Gasteiger partial charge in [-0.25, -0.2) is 27.5 Å². The Kier molecular flexibility index (Phi) is 6.33. The van der Waals surface area contributed by atoms with Gasteiger partial charge in [-0.2, -0.15) is 0 Å². The first kappa shape index (κ1) is 21.8. The van der Waals surface area contributed by atoms with Crippen molar-refractivity contribution in [2.24, 2.45) is 0 Å². The van der Waals surface area contributed by atoms with Gasteiger partial charge in [0.25, 0.3) is 12.3 Å². The van der Waals surface area contributed by atoms with Crippen molar-refractivity contribution in [2.45, 2.75) is 43.4 Å². The number of aromatic nitrogens is 2. The molecule has 1 heterocycles. The molecule has 1 aromatic heterocycles. The molecule has 10 heteroatoms. The van der Waals surface area contributed by atoms with Gasteiger partial charge < -0.3 is 5.32 Å². The zero-order chi connectivity index (χ0) is 21.2. The highest BCUT2D eigenvalue weighted by atomic mass is 35.5. The largest absolute Gasteiger partial charge is 0.351 e. The van der Waals surface area contributed by atoms with Crippen molar-refractivity contribution >= 4 is 29.1 Å². The third-order valence-electron chi connectivity index (χ3n) is 5.13. The summed E-state index contributed by atoms with van der Waals surface area (Å²) in [6.07, 6.45) is -2.67. The molecule has 1 amide bonds. The second kappa shape index (κ2) is 8.44. The second-order valence-electron chi connectivity index (χ2n) is 7.02. The van der Waals surface area contributed by atoms with Crippen molar-refractivity contribution in [3.8, 4) is 0 Å². The van der Waals surface area contributed by atoms with Crippen LogP contribution in [0.3, 0.4) is 0 Å². The van der Waals surface area contributed by atoms with Crippen LogP contribution < -0.4 is 5.32 Å². The Morgan fingerprint density at radius 2 is 1.72 bits per heavy atom. The van der Waals surface area contributed by atoms with Crippen LogP contribution in [0.2, 0.25) is 10.0 Å². The van der Waals surface area contributed by atoms with Crippen molar-refractivity contribution in [3.63, 3.8) is 0 Å². The van der Waals surface area contributed by atoms with E-state index < -0.39 is 42.3 Å². The second-order valence-corrected chi connectivity index (χ2v) is 7.83. The lowest BCUT2D eigenvalue weighted by molar-refractivity contribution is -0.0522. The molecule has 0 radical (unpaired) electrons. The monoisotopic (exact) mass is 449 g/mol. The van der Waals surface area contributed by atoms with Crippen molar-refractivity contribution < 1.29 is 22.4 Å². The standard InChI is InChI=1S/C19H17Cl2F4N3O/c20-11-2-1-3-12(21)14(11)17(29)27-10-18(5-7-19(24,25)8-6-18)13-4-9-26-16(28-13)15(22)23/h1-4,9,15H,5-8,10H2,(H,27,29). The van der Waals surface area contributed by atoms with E-state index in [2.05, 4.69) is 15.3 Å². The van der Waals surface area contributed by atoms with Crippen LogP contribution in [0.25, 0.3) is 0 Å². The highest BCUT2D eigenvalue weighted by molar-refractivity contribution is 6.39. The van der Waals surface area contributed by atoms with Crippen LogP contribution in [0.1, 0.15) is 54.0 Å². The minimum Gasteiger partial charge on any atom is -0.351 e. The fourth-order valence-corrected chi connectivity index (χ4v) is 4.01. The van der Waals surface area contributed by atoms with Gasteiger partial charge in [0.1, 0.15) is 0 Å². The summed E-state index contributed by atoms with van der Waals surface area (Å²) < 4.78 is 53.6. The molecule has 29 heavy (non-hydrogen) atoms. The summed E-state index contributed by atoms with van der Waals surface area (Å²) in [7, 11) is 0. The Balaban J connectivity index is 1.89. The molecule has 1 fully saturated rings. The molecule has 0 unspecified atom stereocenters. The number of alkyl halides is 4. The summed E-state index contributed by atoms with van der Waals surface area (Å²) in [5.41, 5.74) is -0.774. The number of amides is 1. The summed E-state index contributed by atoms with van der Waals surface area (Å²) in [4.78, 5) is 20.0. The van der Waals surface area contributed by atoms with Gasteiger partial charge in [0.05, 0.1) is 21.3 Å². The molecule has 1 aliphatic carbocycles. The smallest absolute Gasteiger partial charge is 0.297 e. The van der Waals surface area contributed by atoms with Crippen molar-refractivity contribution in [2.75, 3.05) is 6.54 Å². The van der Waals surface area contributed by atoms with Gasteiger partial charge >= 0.3 is 0 Å².